The molecule has 5 heteroatoms. The van der Waals surface area contributed by atoms with Crippen LogP contribution in [0.1, 0.15) is 39.5 Å². The molecule has 3 N–H and O–H groups in total. The fourth-order valence-corrected chi connectivity index (χ4v) is 1.68. The Kier molecular flexibility index (Phi) is 8.27. The number of amides is 2. The first-order valence-electron chi connectivity index (χ1n) is 6.43. The molecule has 0 aromatic carbocycles. The lowest BCUT2D eigenvalue weighted by Crippen LogP contribution is -2.33. The first-order chi connectivity index (χ1) is 8.90. The highest BCUT2D eigenvalue weighted by Crippen LogP contribution is 2.14. The van der Waals surface area contributed by atoms with E-state index in [9.17, 15) is 14.4 Å². The van der Waals surface area contributed by atoms with Gasteiger partial charge < -0.3 is 11.1 Å². The first kappa shape index (κ1) is 17.2. The summed E-state index contributed by atoms with van der Waals surface area (Å²) in [4.78, 5) is 34.0. The molecule has 0 rings (SSSR count). The maximum atomic E-state index is 11.7. The zero-order chi connectivity index (χ0) is 14.8. The van der Waals surface area contributed by atoms with E-state index in [1.165, 1.54) is 0 Å². The van der Waals surface area contributed by atoms with E-state index in [0.29, 0.717) is 25.8 Å². The standard InChI is InChI=1S/C14H22N2O3/c1-4-7-12(17)16-9-6-5-8-11(14(15)19)13(18)10(2)3/h1,10-11H,5-9H2,2-3H3,(H2,15,19)(H,16,17). The Morgan fingerprint density at radius 1 is 1.26 bits per heavy atom. The molecule has 19 heavy (non-hydrogen) atoms. The van der Waals surface area contributed by atoms with Crippen LogP contribution in [0.3, 0.4) is 0 Å². The average molecular weight is 266 g/mol. The summed E-state index contributed by atoms with van der Waals surface area (Å²) in [5.41, 5.74) is 5.23. The van der Waals surface area contributed by atoms with E-state index < -0.39 is 11.8 Å². The van der Waals surface area contributed by atoms with Crippen molar-refractivity contribution in [2.24, 2.45) is 17.6 Å². The summed E-state index contributed by atoms with van der Waals surface area (Å²) in [5, 5.41) is 2.66. The molecule has 0 aromatic rings. The van der Waals surface area contributed by atoms with Crippen molar-refractivity contribution >= 4 is 17.6 Å². The first-order valence-corrected chi connectivity index (χ1v) is 6.43. The Labute approximate surface area is 114 Å². The summed E-state index contributed by atoms with van der Waals surface area (Å²) in [6.07, 6.45) is 6.83. The van der Waals surface area contributed by atoms with Gasteiger partial charge in [0.2, 0.25) is 11.8 Å². The smallest absolute Gasteiger partial charge is 0.232 e. The van der Waals surface area contributed by atoms with Crippen LogP contribution >= 0.6 is 0 Å². The highest BCUT2D eigenvalue weighted by Gasteiger charge is 2.25. The Morgan fingerprint density at radius 2 is 1.89 bits per heavy atom. The lowest BCUT2D eigenvalue weighted by molar-refractivity contribution is -0.134. The number of Topliss-reactive ketones (excluding diaryl/α,β-unsaturated/α-hetero) is 1. The molecule has 0 fully saturated rings. The number of hydrogen-bond acceptors (Lipinski definition) is 3. The van der Waals surface area contributed by atoms with Gasteiger partial charge in [0.05, 0.1) is 12.3 Å². The number of nitrogens with one attached hydrogen (secondary N) is 1. The summed E-state index contributed by atoms with van der Waals surface area (Å²) in [5.74, 6) is 0.446. The average Bonchev–Trinajstić information content (AvgIpc) is 2.32. The number of terminal acetylenes is 1. The number of unbranched alkanes of at least 4 members (excludes halogenated alkanes) is 1. The zero-order valence-electron chi connectivity index (χ0n) is 11.6. The molecule has 0 aliphatic heterocycles. The molecule has 0 bridgehead atoms. The molecule has 0 heterocycles. The minimum Gasteiger partial charge on any atom is -0.369 e. The van der Waals surface area contributed by atoms with E-state index in [0.717, 1.165) is 0 Å². The van der Waals surface area contributed by atoms with Crippen LogP contribution in [0.5, 0.6) is 0 Å². The number of primary amides is 1. The zero-order valence-corrected chi connectivity index (χ0v) is 11.6. The lowest BCUT2D eigenvalue weighted by atomic mass is 9.90. The molecule has 1 atom stereocenters. The number of rotatable bonds is 9. The fourth-order valence-electron chi connectivity index (χ4n) is 1.68. The summed E-state index contributed by atoms with van der Waals surface area (Å²) in [6, 6.07) is 0. The highest BCUT2D eigenvalue weighted by atomic mass is 16.2. The van der Waals surface area contributed by atoms with E-state index in [1.54, 1.807) is 13.8 Å². The van der Waals surface area contributed by atoms with Gasteiger partial charge in [-0.3, -0.25) is 14.4 Å². The minimum atomic E-state index is -0.721. The topological polar surface area (TPSA) is 89.3 Å². The van der Waals surface area contributed by atoms with E-state index in [-0.39, 0.29) is 24.0 Å². The van der Waals surface area contributed by atoms with Crippen molar-refractivity contribution in [3.63, 3.8) is 0 Å². The molecule has 0 radical (unpaired) electrons. The summed E-state index contributed by atoms with van der Waals surface area (Å²) >= 11 is 0. The minimum absolute atomic E-state index is 0.0652. The van der Waals surface area contributed by atoms with Gasteiger partial charge in [-0.15, -0.1) is 6.42 Å². The van der Waals surface area contributed by atoms with E-state index >= 15 is 0 Å². The van der Waals surface area contributed by atoms with Crippen LogP contribution in [0.4, 0.5) is 0 Å². The van der Waals surface area contributed by atoms with Crippen molar-refractivity contribution in [1.82, 2.24) is 5.32 Å². The molecule has 0 saturated carbocycles. The van der Waals surface area contributed by atoms with E-state index in [4.69, 9.17) is 12.2 Å². The summed E-state index contributed by atoms with van der Waals surface area (Å²) in [7, 11) is 0. The van der Waals surface area contributed by atoms with Crippen LogP contribution in [0.2, 0.25) is 0 Å². The van der Waals surface area contributed by atoms with Gasteiger partial charge in [-0.1, -0.05) is 26.2 Å². The maximum absolute atomic E-state index is 11.7. The lowest BCUT2D eigenvalue weighted by Gasteiger charge is -2.14. The number of carbonyl (C=O) groups excluding carboxylic acids is 3. The fraction of sp³-hybridized carbons (Fsp3) is 0.643. The number of ketones is 1. The molecular weight excluding hydrogens is 244 g/mol. The Morgan fingerprint density at radius 3 is 2.37 bits per heavy atom. The molecule has 106 valence electrons. The maximum Gasteiger partial charge on any atom is 0.232 e. The third-order valence-electron chi connectivity index (χ3n) is 2.76. The Bertz CT molecular complexity index is 369. The molecule has 0 spiro atoms. The van der Waals surface area contributed by atoms with Crippen LogP contribution in [-0.2, 0) is 14.4 Å². The monoisotopic (exact) mass is 266 g/mol. The third-order valence-corrected chi connectivity index (χ3v) is 2.76. The Hall–Kier alpha value is -1.83. The molecule has 1 unspecified atom stereocenters. The SMILES string of the molecule is C#CCC(=O)NCCCCC(C(N)=O)C(=O)C(C)C. The molecular formula is C14H22N2O3. The Balaban J connectivity index is 3.96. The van der Waals surface area contributed by atoms with Crippen LogP contribution in [0.25, 0.3) is 0 Å². The predicted molar refractivity (Wildman–Crippen MR) is 72.8 cm³/mol. The molecule has 0 aliphatic rings. The van der Waals surface area contributed by atoms with Gasteiger partial charge in [0.1, 0.15) is 5.78 Å². The van der Waals surface area contributed by atoms with Crippen molar-refractivity contribution in [3.8, 4) is 12.3 Å². The van der Waals surface area contributed by atoms with Crippen LogP contribution < -0.4 is 11.1 Å². The molecule has 0 aliphatic carbocycles. The van der Waals surface area contributed by atoms with Gasteiger partial charge in [0, 0.05) is 12.5 Å². The van der Waals surface area contributed by atoms with E-state index in [1.807, 2.05) is 0 Å². The molecule has 5 nitrogen and oxygen atoms in total. The van der Waals surface area contributed by atoms with Crippen LogP contribution in [0.15, 0.2) is 0 Å². The predicted octanol–water partition coefficient (Wildman–Crippen LogP) is 0.623. The van der Waals surface area contributed by atoms with Crippen LogP contribution in [0, 0.1) is 24.2 Å². The molecule has 0 aromatic heterocycles. The van der Waals surface area contributed by atoms with Gasteiger partial charge in [-0.25, -0.2) is 0 Å². The molecule has 2 amide bonds. The van der Waals surface area contributed by atoms with Crippen molar-refractivity contribution in [2.75, 3.05) is 6.54 Å². The summed E-state index contributed by atoms with van der Waals surface area (Å²) < 4.78 is 0. The van der Waals surface area contributed by atoms with Gasteiger partial charge in [0.15, 0.2) is 0 Å². The van der Waals surface area contributed by atoms with Gasteiger partial charge in [-0.05, 0) is 12.8 Å². The van der Waals surface area contributed by atoms with Crippen molar-refractivity contribution < 1.29 is 14.4 Å². The number of carbonyl (C=O) groups is 3. The largest absolute Gasteiger partial charge is 0.369 e. The van der Waals surface area contributed by atoms with Gasteiger partial charge in [0.25, 0.3) is 0 Å². The van der Waals surface area contributed by atoms with Crippen molar-refractivity contribution in [3.05, 3.63) is 0 Å². The van der Waals surface area contributed by atoms with Gasteiger partial charge in [-0.2, -0.15) is 0 Å². The second kappa shape index (κ2) is 9.15. The quantitative estimate of drug-likeness (QED) is 0.364. The van der Waals surface area contributed by atoms with Crippen LogP contribution in [-0.4, -0.2) is 24.1 Å². The van der Waals surface area contributed by atoms with Crippen molar-refractivity contribution in [1.29, 1.82) is 0 Å². The van der Waals surface area contributed by atoms with Crippen molar-refractivity contribution in [2.45, 2.75) is 39.5 Å². The second-order valence-corrected chi connectivity index (χ2v) is 4.74. The third kappa shape index (κ3) is 7.24. The number of nitrogens with two attached hydrogens (primary N) is 1. The number of hydrogen-bond donors (Lipinski definition) is 2. The highest BCUT2D eigenvalue weighted by molar-refractivity contribution is 6.01. The second-order valence-electron chi connectivity index (χ2n) is 4.74. The van der Waals surface area contributed by atoms with Gasteiger partial charge >= 0.3 is 0 Å². The molecule has 0 saturated heterocycles. The summed E-state index contributed by atoms with van der Waals surface area (Å²) in [6.45, 7) is 3.98. The van der Waals surface area contributed by atoms with E-state index in [2.05, 4.69) is 11.2 Å². The normalized spacial score (nSPS) is 11.7.